The van der Waals surface area contributed by atoms with Crippen molar-refractivity contribution in [3.05, 3.63) is 83.9 Å². The van der Waals surface area contributed by atoms with Crippen LogP contribution in [0.3, 0.4) is 0 Å². The van der Waals surface area contributed by atoms with E-state index in [1.54, 1.807) is 6.08 Å². The van der Waals surface area contributed by atoms with Crippen molar-refractivity contribution in [3.63, 3.8) is 0 Å². The number of benzene rings is 2. The van der Waals surface area contributed by atoms with Gasteiger partial charge in [-0.1, -0.05) is 72.8 Å². The second kappa shape index (κ2) is 6.36. The summed E-state index contributed by atoms with van der Waals surface area (Å²) >= 11 is 0. The van der Waals surface area contributed by atoms with Crippen molar-refractivity contribution in [3.8, 4) is 0 Å². The summed E-state index contributed by atoms with van der Waals surface area (Å²) in [6.45, 7) is 0. The third kappa shape index (κ3) is 3.29. The maximum atomic E-state index is 10.7. The molecule has 0 aliphatic carbocycles. The van der Waals surface area contributed by atoms with Crippen LogP contribution < -0.4 is 0 Å². The van der Waals surface area contributed by atoms with E-state index in [1.807, 2.05) is 72.8 Å². The average molecular weight is 234 g/mol. The Labute approximate surface area is 107 Å². The van der Waals surface area contributed by atoms with Gasteiger partial charge in [0.2, 0.25) is 0 Å². The zero-order valence-electron chi connectivity index (χ0n) is 9.99. The summed E-state index contributed by atoms with van der Waals surface area (Å²) in [6, 6.07) is 19.9. The molecule has 1 heteroatoms. The van der Waals surface area contributed by atoms with Gasteiger partial charge in [-0.3, -0.25) is 4.79 Å². The lowest BCUT2D eigenvalue weighted by Crippen LogP contribution is -1.81. The maximum Gasteiger partial charge on any atom is 0.143 e. The summed E-state index contributed by atoms with van der Waals surface area (Å²) in [5.41, 5.74) is 3.07. The van der Waals surface area contributed by atoms with Crippen LogP contribution in [0.15, 0.2) is 72.8 Å². The molecule has 0 unspecified atom stereocenters. The highest BCUT2D eigenvalue weighted by atomic mass is 16.1. The number of hydrogen-bond acceptors (Lipinski definition) is 1. The van der Waals surface area contributed by atoms with Gasteiger partial charge in [-0.05, 0) is 22.8 Å². The fourth-order valence-electron chi connectivity index (χ4n) is 1.70. The first kappa shape index (κ1) is 12.1. The molecule has 0 fully saturated rings. The fourth-order valence-corrected chi connectivity index (χ4v) is 1.70. The molecule has 0 saturated carbocycles. The molecular weight excluding hydrogens is 220 g/mol. The van der Waals surface area contributed by atoms with Crippen LogP contribution >= 0.6 is 0 Å². The lowest BCUT2D eigenvalue weighted by Gasteiger charge is -2.00. The zero-order valence-corrected chi connectivity index (χ0v) is 9.99. The Morgan fingerprint density at radius 1 is 0.833 bits per heavy atom. The summed E-state index contributed by atoms with van der Waals surface area (Å²) in [5, 5.41) is 0. The van der Waals surface area contributed by atoms with Crippen LogP contribution in [0.1, 0.15) is 11.1 Å². The Bertz CT molecular complexity index is 551. The summed E-state index contributed by atoms with van der Waals surface area (Å²) in [7, 11) is 0. The van der Waals surface area contributed by atoms with E-state index in [2.05, 4.69) is 0 Å². The van der Waals surface area contributed by atoms with Crippen molar-refractivity contribution in [2.45, 2.75) is 0 Å². The number of carbonyl (C=O) groups excluding carboxylic acids is 1. The van der Waals surface area contributed by atoms with Crippen molar-refractivity contribution in [1.29, 1.82) is 0 Å². The van der Waals surface area contributed by atoms with Gasteiger partial charge in [0.15, 0.2) is 0 Å². The smallest absolute Gasteiger partial charge is 0.143 e. The quantitative estimate of drug-likeness (QED) is 0.444. The highest BCUT2D eigenvalue weighted by molar-refractivity contribution is 5.88. The largest absolute Gasteiger partial charge is 0.299 e. The van der Waals surface area contributed by atoms with Gasteiger partial charge in [0.05, 0.1) is 0 Å². The van der Waals surface area contributed by atoms with Crippen molar-refractivity contribution >= 4 is 17.9 Å². The standard InChI is InChI=1S/C17H14O/c18-14-13-17(16-9-5-2-6-10-16)12-11-15-7-3-1-4-8-15/h1-14H/b12-11+,17-13-. The molecule has 2 rings (SSSR count). The Morgan fingerprint density at radius 2 is 1.44 bits per heavy atom. The fraction of sp³-hybridized carbons (Fsp3) is 0. The molecule has 0 amide bonds. The number of rotatable bonds is 4. The van der Waals surface area contributed by atoms with E-state index in [-0.39, 0.29) is 0 Å². The van der Waals surface area contributed by atoms with Crippen LogP contribution in [-0.2, 0) is 4.79 Å². The van der Waals surface area contributed by atoms with Gasteiger partial charge in [0.25, 0.3) is 0 Å². The first-order chi connectivity index (χ1) is 8.90. The van der Waals surface area contributed by atoms with Crippen molar-refractivity contribution in [1.82, 2.24) is 0 Å². The zero-order chi connectivity index (χ0) is 12.6. The molecule has 18 heavy (non-hydrogen) atoms. The van der Waals surface area contributed by atoms with Crippen LogP contribution in [-0.4, -0.2) is 6.29 Å². The Kier molecular flexibility index (Phi) is 4.26. The van der Waals surface area contributed by atoms with Crippen LogP contribution in [0.4, 0.5) is 0 Å². The van der Waals surface area contributed by atoms with Crippen LogP contribution in [0, 0.1) is 0 Å². The normalized spacial score (nSPS) is 11.7. The summed E-state index contributed by atoms with van der Waals surface area (Å²) in [5.74, 6) is 0. The van der Waals surface area contributed by atoms with E-state index in [4.69, 9.17) is 0 Å². The van der Waals surface area contributed by atoms with Crippen molar-refractivity contribution in [2.24, 2.45) is 0 Å². The minimum atomic E-state index is 0.817. The Balaban J connectivity index is 2.26. The summed E-state index contributed by atoms with van der Waals surface area (Å²) < 4.78 is 0. The molecule has 0 radical (unpaired) electrons. The van der Waals surface area contributed by atoms with Gasteiger partial charge in [-0.15, -0.1) is 0 Å². The molecule has 0 spiro atoms. The molecule has 0 aliphatic rings. The molecule has 1 nitrogen and oxygen atoms in total. The van der Waals surface area contributed by atoms with Gasteiger partial charge in [-0.25, -0.2) is 0 Å². The third-order valence-corrected chi connectivity index (χ3v) is 2.61. The van der Waals surface area contributed by atoms with Gasteiger partial charge >= 0.3 is 0 Å². The van der Waals surface area contributed by atoms with Gasteiger partial charge < -0.3 is 0 Å². The van der Waals surface area contributed by atoms with Crippen LogP contribution in [0.5, 0.6) is 0 Å². The van der Waals surface area contributed by atoms with Gasteiger partial charge in [-0.2, -0.15) is 0 Å². The predicted octanol–water partition coefficient (Wildman–Crippen LogP) is 3.98. The van der Waals surface area contributed by atoms with E-state index in [0.29, 0.717) is 0 Å². The van der Waals surface area contributed by atoms with E-state index >= 15 is 0 Å². The highest BCUT2D eigenvalue weighted by Gasteiger charge is 1.95. The van der Waals surface area contributed by atoms with Crippen LogP contribution in [0.25, 0.3) is 11.6 Å². The SMILES string of the molecule is O=C/C=C(/C=C/c1ccccc1)c1ccccc1. The van der Waals surface area contributed by atoms with E-state index < -0.39 is 0 Å². The van der Waals surface area contributed by atoms with Crippen LogP contribution in [0.2, 0.25) is 0 Å². The lowest BCUT2D eigenvalue weighted by atomic mass is 10.0. The van der Waals surface area contributed by atoms with Gasteiger partial charge in [0.1, 0.15) is 6.29 Å². The van der Waals surface area contributed by atoms with E-state index in [0.717, 1.165) is 23.0 Å². The number of carbonyl (C=O) groups is 1. The molecule has 0 bridgehead atoms. The molecule has 2 aromatic rings. The second-order valence-electron chi connectivity index (χ2n) is 3.87. The molecule has 0 atom stereocenters. The predicted molar refractivity (Wildman–Crippen MR) is 76.0 cm³/mol. The summed E-state index contributed by atoms with van der Waals surface area (Å²) in [4.78, 5) is 10.7. The summed E-state index contributed by atoms with van der Waals surface area (Å²) in [6.07, 6.45) is 6.36. The molecule has 88 valence electrons. The first-order valence-electron chi connectivity index (χ1n) is 5.84. The second-order valence-corrected chi connectivity index (χ2v) is 3.87. The lowest BCUT2D eigenvalue weighted by molar-refractivity contribution is -0.104. The maximum absolute atomic E-state index is 10.7. The minimum absolute atomic E-state index is 0.817. The molecule has 0 N–H and O–H groups in total. The molecular formula is C17H14O. The van der Waals surface area contributed by atoms with E-state index in [1.165, 1.54) is 0 Å². The van der Waals surface area contributed by atoms with Crippen molar-refractivity contribution < 1.29 is 4.79 Å². The number of hydrogen-bond donors (Lipinski definition) is 0. The van der Waals surface area contributed by atoms with Gasteiger partial charge in [0, 0.05) is 0 Å². The minimum Gasteiger partial charge on any atom is -0.299 e. The molecule has 0 saturated heterocycles. The Morgan fingerprint density at radius 3 is 2.06 bits per heavy atom. The molecule has 0 aliphatic heterocycles. The Hall–Kier alpha value is -2.41. The molecule has 0 aromatic heterocycles. The van der Waals surface area contributed by atoms with Crippen molar-refractivity contribution in [2.75, 3.05) is 0 Å². The third-order valence-electron chi connectivity index (χ3n) is 2.61. The molecule has 0 heterocycles. The number of allylic oxidation sites excluding steroid dienone is 3. The highest BCUT2D eigenvalue weighted by Crippen LogP contribution is 2.16. The number of aldehydes is 1. The first-order valence-corrected chi connectivity index (χ1v) is 5.84. The average Bonchev–Trinajstić information content (AvgIpc) is 2.45. The monoisotopic (exact) mass is 234 g/mol. The van der Waals surface area contributed by atoms with E-state index in [9.17, 15) is 4.79 Å². The molecule has 2 aromatic carbocycles. The topological polar surface area (TPSA) is 17.1 Å².